The van der Waals surface area contributed by atoms with Crippen LogP contribution in [0.2, 0.25) is 0 Å². The molecule has 168 valence electrons. The second kappa shape index (κ2) is 8.82. The van der Waals surface area contributed by atoms with Crippen LogP contribution in [-0.2, 0) is 4.79 Å². The third kappa shape index (κ3) is 5.23. The van der Waals surface area contributed by atoms with Crippen molar-refractivity contribution in [3.8, 4) is 23.1 Å². The van der Waals surface area contributed by atoms with Gasteiger partial charge in [-0.05, 0) is 38.1 Å². The van der Waals surface area contributed by atoms with E-state index in [1.165, 1.54) is 0 Å². The van der Waals surface area contributed by atoms with Gasteiger partial charge in [-0.3, -0.25) is 9.20 Å². The number of anilines is 1. The van der Waals surface area contributed by atoms with Crippen LogP contribution in [0.15, 0.2) is 53.3 Å². The number of nitrogens with zero attached hydrogens (tertiary/aromatic N) is 3. The van der Waals surface area contributed by atoms with Gasteiger partial charge in [0.15, 0.2) is 0 Å². The summed E-state index contributed by atoms with van der Waals surface area (Å²) in [4.78, 5) is 16.3. The quantitative estimate of drug-likeness (QED) is 0.427. The number of halogens is 3. The maximum atomic E-state index is 12.3. The summed E-state index contributed by atoms with van der Waals surface area (Å²) in [6, 6.07) is 10.6. The lowest BCUT2D eigenvalue weighted by molar-refractivity contribution is -0.142. The van der Waals surface area contributed by atoms with E-state index in [1.54, 1.807) is 31.3 Å². The van der Waals surface area contributed by atoms with Crippen LogP contribution in [0.3, 0.4) is 0 Å². The van der Waals surface area contributed by atoms with Crippen LogP contribution in [-0.4, -0.2) is 26.6 Å². The number of aryl methyl sites for hydroxylation is 2. The van der Waals surface area contributed by atoms with Crippen LogP contribution in [0.5, 0.6) is 0 Å². The number of alkyl halides is 3. The molecular formula is C24H19F3N4O2. The summed E-state index contributed by atoms with van der Waals surface area (Å²) < 4.78 is 44.0. The molecule has 0 aliphatic rings. The number of rotatable bonds is 4. The summed E-state index contributed by atoms with van der Waals surface area (Å²) in [6.07, 6.45) is -2.63. The summed E-state index contributed by atoms with van der Waals surface area (Å²) in [7, 11) is 0. The standard InChI is InChI=1S/C24H19F3N4O2/c1-15-20(16(2)33-30-15)7-6-17-9-11-31-21(14-28-22(31)12-17)18-4-3-5-19(13-18)29-23(32)8-10-24(25,26)27/h3-5,9,11-14H,8,10H2,1-2H3,(H,29,32). The first kappa shape index (κ1) is 22.1. The molecule has 3 aromatic heterocycles. The molecule has 0 saturated heterocycles. The van der Waals surface area contributed by atoms with Crippen LogP contribution in [0, 0.1) is 25.7 Å². The smallest absolute Gasteiger partial charge is 0.360 e. The van der Waals surface area contributed by atoms with Gasteiger partial charge in [0.05, 0.1) is 29.6 Å². The lowest BCUT2D eigenvalue weighted by Gasteiger charge is -2.09. The van der Waals surface area contributed by atoms with Gasteiger partial charge in [0, 0.05) is 29.4 Å². The molecule has 1 N–H and O–H groups in total. The van der Waals surface area contributed by atoms with Crippen molar-refractivity contribution in [2.75, 3.05) is 5.32 Å². The maximum Gasteiger partial charge on any atom is 0.389 e. The predicted molar refractivity (Wildman–Crippen MR) is 117 cm³/mol. The van der Waals surface area contributed by atoms with E-state index in [0.29, 0.717) is 17.1 Å². The zero-order valence-corrected chi connectivity index (χ0v) is 17.8. The van der Waals surface area contributed by atoms with Gasteiger partial charge < -0.3 is 9.84 Å². The minimum Gasteiger partial charge on any atom is -0.360 e. The number of hydrogen-bond acceptors (Lipinski definition) is 4. The second-order valence-electron chi connectivity index (χ2n) is 7.48. The van der Waals surface area contributed by atoms with Crippen LogP contribution < -0.4 is 5.32 Å². The Morgan fingerprint density at radius 3 is 2.73 bits per heavy atom. The van der Waals surface area contributed by atoms with Crippen molar-refractivity contribution in [1.82, 2.24) is 14.5 Å². The minimum absolute atomic E-state index is 0.413. The number of carbonyl (C=O) groups is 1. The number of amides is 1. The van der Waals surface area contributed by atoms with Crippen molar-refractivity contribution < 1.29 is 22.5 Å². The predicted octanol–water partition coefficient (Wildman–Crippen LogP) is 5.29. The SMILES string of the molecule is Cc1noc(C)c1C#Cc1ccn2c(-c3cccc(NC(=O)CCC(F)(F)F)c3)cnc2c1. The first-order chi connectivity index (χ1) is 15.7. The Kier molecular flexibility index (Phi) is 5.92. The third-order valence-electron chi connectivity index (χ3n) is 4.96. The fraction of sp³-hybridized carbons (Fsp3) is 0.208. The summed E-state index contributed by atoms with van der Waals surface area (Å²) in [5.41, 5.74) is 4.87. The second-order valence-corrected chi connectivity index (χ2v) is 7.48. The van der Waals surface area contributed by atoms with Crippen LogP contribution in [0.25, 0.3) is 16.9 Å². The first-order valence-electron chi connectivity index (χ1n) is 10.1. The largest absolute Gasteiger partial charge is 0.389 e. The van der Waals surface area contributed by atoms with E-state index in [1.807, 2.05) is 35.7 Å². The van der Waals surface area contributed by atoms with E-state index in [0.717, 1.165) is 28.1 Å². The third-order valence-corrected chi connectivity index (χ3v) is 4.96. The summed E-state index contributed by atoms with van der Waals surface area (Å²) in [5.74, 6) is 6.14. The molecule has 33 heavy (non-hydrogen) atoms. The Labute approximate surface area is 187 Å². The normalized spacial score (nSPS) is 11.3. The highest BCUT2D eigenvalue weighted by atomic mass is 19.4. The van der Waals surface area contributed by atoms with Crippen molar-refractivity contribution in [2.45, 2.75) is 32.9 Å². The van der Waals surface area contributed by atoms with E-state index in [2.05, 4.69) is 27.3 Å². The Morgan fingerprint density at radius 2 is 2.00 bits per heavy atom. The molecule has 0 aliphatic heterocycles. The van der Waals surface area contributed by atoms with Gasteiger partial charge in [0.1, 0.15) is 11.4 Å². The highest BCUT2D eigenvalue weighted by molar-refractivity contribution is 5.91. The summed E-state index contributed by atoms with van der Waals surface area (Å²) >= 11 is 0. The van der Waals surface area contributed by atoms with Gasteiger partial charge in [-0.1, -0.05) is 29.1 Å². The van der Waals surface area contributed by atoms with Crippen molar-refractivity contribution in [3.63, 3.8) is 0 Å². The van der Waals surface area contributed by atoms with Gasteiger partial charge in [-0.25, -0.2) is 4.98 Å². The highest BCUT2D eigenvalue weighted by Gasteiger charge is 2.27. The van der Waals surface area contributed by atoms with Crippen LogP contribution >= 0.6 is 0 Å². The van der Waals surface area contributed by atoms with Crippen LogP contribution in [0.4, 0.5) is 18.9 Å². The number of imidazole rings is 1. The Morgan fingerprint density at radius 1 is 1.18 bits per heavy atom. The molecule has 3 heterocycles. The highest BCUT2D eigenvalue weighted by Crippen LogP contribution is 2.25. The van der Waals surface area contributed by atoms with Gasteiger partial charge in [0.2, 0.25) is 5.91 Å². The molecule has 1 aromatic carbocycles. The monoisotopic (exact) mass is 452 g/mol. The average molecular weight is 452 g/mol. The first-order valence-corrected chi connectivity index (χ1v) is 10.1. The zero-order chi connectivity index (χ0) is 23.6. The summed E-state index contributed by atoms with van der Waals surface area (Å²) in [6.45, 7) is 3.64. The molecule has 0 bridgehead atoms. The van der Waals surface area contributed by atoms with Crippen LogP contribution in [0.1, 0.15) is 35.4 Å². The fourth-order valence-corrected chi connectivity index (χ4v) is 3.30. The van der Waals surface area contributed by atoms with E-state index in [4.69, 9.17) is 4.52 Å². The molecule has 0 aliphatic carbocycles. The molecule has 4 rings (SSSR count). The molecule has 6 nitrogen and oxygen atoms in total. The Balaban J connectivity index is 1.55. The molecular weight excluding hydrogens is 433 g/mol. The van der Waals surface area contributed by atoms with Crippen molar-refractivity contribution >= 4 is 17.2 Å². The van der Waals surface area contributed by atoms with Gasteiger partial charge in [0.25, 0.3) is 0 Å². The number of carbonyl (C=O) groups excluding carboxylic acids is 1. The van der Waals surface area contributed by atoms with E-state index in [-0.39, 0.29) is 0 Å². The lowest BCUT2D eigenvalue weighted by atomic mass is 10.1. The summed E-state index contributed by atoms with van der Waals surface area (Å²) in [5, 5.41) is 6.40. The van der Waals surface area contributed by atoms with E-state index in [9.17, 15) is 18.0 Å². The van der Waals surface area contributed by atoms with Crippen molar-refractivity contribution in [3.05, 3.63) is 71.4 Å². The Hall–Kier alpha value is -4.06. The van der Waals surface area contributed by atoms with Crippen molar-refractivity contribution in [2.24, 2.45) is 0 Å². The average Bonchev–Trinajstić information content (AvgIpc) is 3.33. The molecule has 0 atom stereocenters. The maximum absolute atomic E-state index is 12.3. The lowest BCUT2D eigenvalue weighted by Crippen LogP contribution is -2.16. The topological polar surface area (TPSA) is 72.4 Å². The molecule has 0 saturated carbocycles. The number of hydrogen-bond donors (Lipinski definition) is 1. The molecule has 0 fully saturated rings. The number of fused-ring (bicyclic) bond motifs is 1. The van der Waals surface area contributed by atoms with Gasteiger partial charge in [-0.2, -0.15) is 13.2 Å². The molecule has 0 unspecified atom stereocenters. The Bertz CT molecular complexity index is 1370. The number of benzene rings is 1. The molecule has 1 amide bonds. The number of nitrogens with one attached hydrogen (secondary N) is 1. The fourth-order valence-electron chi connectivity index (χ4n) is 3.30. The molecule has 0 spiro atoms. The number of aromatic nitrogens is 3. The molecule has 0 radical (unpaired) electrons. The molecule has 4 aromatic rings. The van der Waals surface area contributed by atoms with Gasteiger partial charge >= 0.3 is 6.18 Å². The molecule has 9 heteroatoms. The van der Waals surface area contributed by atoms with Gasteiger partial charge in [-0.15, -0.1) is 0 Å². The minimum atomic E-state index is -4.37. The van der Waals surface area contributed by atoms with Crippen molar-refractivity contribution in [1.29, 1.82) is 0 Å². The number of pyridine rings is 1. The van der Waals surface area contributed by atoms with E-state index >= 15 is 0 Å². The van der Waals surface area contributed by atoms with E-state index < -0.39 is 24.9 Å². The zero-order valence-electron chi connectivity index (χ0n) is 17.8.